The summed E-state index contributed by atoms with van der Waals surface area (Å²) in [5, 5.41) is 13.8. The number of aliphatic imine (C=N–C) groups is 1. The number of carbonyl (C=O) groups is 1. The Morgan fingerprint density at radius 2 is 2.25 bits per heavy atom. The monoisotopic (exact) mass is 381 g/mol. The Bertz CT molecular complexity index is 890. The molecule has 0 saturated carbocycles. The van der Waals surface area contributed by atoms with Crippen LogP contribution in [-0.4, -0.2) is 47.5 Å². The first-order valence-corrected chi connectivity index (χ1v) is 9.38. The van der Waals surface area contributed by atoms with E-state index in [0.29, 0.717) is 25.5 Å². The van der Waals surface area contributed by atoms with Gasteiger partial charge in [0, 0.05) is 25.4 Å². The van der Waals surface area contributed by atoms with Gasteiger partial charge in [-0.25, -0.2) is 9.98 Å². The minimum absolute atomic E-state index is 0.0343. The molecule has 9 nitrogen and oxygen atoms in total. The third-order valence-corrected chi connectivity index (χ3v) is 4.92. The van der Waals surface area contributed by atoms with Crippen LogP contribution in [0.15, 0.2) is 46.5 Å². The molecule has 3 aliphatic heterocycles. The van der Waals surface area contributed by atoms with Crippen LogP contribution in [0.4, 0.5) is 0 Å². The molecule has 0 aromatic carbocycles. The molecule has 0 spiro atoms. The second kappa shape index (κ2) is 7.71. The second-order valence-corrected chi connectivity index (χ2v) is 6.80. The topological polar surface area (TPSA) is 129 Å². The standard InChI is InChI=1S/C19H23N7O2/c20-17(21)16-18-22-9-7-14(25-18)26-10-2-5-13(26)12-4-1-6-15(24-12)28-11-3-8-23-19(16)27/h1,4,6-7,9,13,25H,2-3,5,8,10-11H2,(H3,20,21)(H,23,27)/b18-16-. The Balaban J connectivity index is 1.73. The lowest BCUT2D eigenvalue weighted by Gasteiger charge is -2.31. The van der Waals surface area contributed by atoms with Crippen LogP contribution in [-0.2, 0) is 4.79 Å². The number of amidine groups is 1. The lowest BCUT2D eigenvalue weighted by molar-refractivity contribution is -0.117. The van der Waals surface area contributed by atoms with Gasteiger partial charge >= 0.3 is 0 Å². The number of nitrogens with zero attached hydrogens (tertiary/aromatic N) is 3. The van der Waals surface area contributed by atoms with E-state index in [1.54, 1.807) is 6.21 Å². The van der Waals surface area contributed by atoms with Crippen LogP contribution in [0.2, 0.25) is 0 Å². The Morgan fingerprint density at radius 3 is 3.11 bits per heavy atom. The first kappa shape index (κ1) is 18.0. The van der Waals surface area contributed by atoms with Crippen molar-refractivity contribution in [2.45, 2.75) is 25.3 Å². The number of pyridine rings is 1. The highest BCUT2D eigenvalue weighted by Crippen LogP contribution is 2.34. The molecule has 4 heterocycles. The zero-order chi connectivity index (χ0) is 19.5. The van der Waals surface area contributed by atoms with E-state index in [9.17, 15) is 4.79 Å². The summed E-state index contributed by atoms with van der Waals surface area (Å²) in [5.41, 5.74) is 6.67. The molecule has 0 aliphatic carbocycles. The van der Waals surface area contributed by atoms with E-state index in [-0.39, 0.29) is 23.3 Å². The van der Waals surface area contributed by atoms with E-state index < -0.39 is 5.91 Å². The van der Waals surface area contributed by atoms with E-state index in [0.717, 1.165) is 30.9 Å². The van der Waals surface area contributed by atoms with Gasteiger partial charge in [-0.15, -0.1) is 0 Å². The van der Waals surface area contributed by atoms with Gasteiger partial charge in [-0.3, -0.25) is 10.2 Å². The molecule has 1 saturated heterocycles. The van der Waals surface area contributed by atoms with Gasteiger partial charge in [0.1, 0.15) is 23.1 Å². The van der Waals surface area contributed by atoms with Crippen LogP contribution < -0.4 is 21.1 Å². The average Bonchev–Trinajstić information content (AvgIpc) is 3.17. The fourth-order valence-electron chi connectivity index (χ4n) is 3.63. The summed E-state index contributed by atoms with van der Waals surface area (Å²) in [6.45, 7) is 1.67. The molecule has 4 bridgehead atoms. The smallest absolute Gasteiger partial charge is 0.258 e. The summed E-state index contributed by atoms with van der Waals surface area (Å²) in [7, 11) is 0. The fraction of sp³-hybridized carbons (Fsp3) is 0.368. The minimum Gasteiger partial charge on any atom is -0.478 e. The number of hydrogen-bond acceptors (Lipinski definition) is 7. The van der Waals surface area contributed by atoms with Gasteiger partial charge < -0.3 is 26.0 Å². The molecule has 1 unspecified atom stereocenters. The number of amides is 1. The predicted molar refractivity (Wildman–Crippen MR) is 105 cm³/mol. The Morgan fingerprint density at radius 1 is 1.36 bits per heavy atom. The van der Waals surface area contributed by atoms with Crippen molar-refractivity contribution in [3.05, 3.63) is 47.2 Å². The third-order valence-electron chi connectivity index (χ3n) is 4.92. The van der Waals surface area contributed by atoms with Crippen molar-refractivity contribution < 1.29 is 9.53 Å². The second-order valence-electron chi connectivity index (χ2n) is 6.80. The molecular weight excluding hydrogens is 358 g/mol. The number of carbonyl (C=O) groups excluding carboxylic acids is 1. The van der Waals surface area contributed by atoms with Crippen molar-refractivity contribution >= 4 is 18.0 Å². The van der Waals surface area contributed by atoms with E-state index in [1.165, 1.54) is 0 Å². The molecule has 1 amide bonds. The van der Waals surface area contributed by atoms with Gasteiger partial charge in [-0.05, 0) is 31.4 Å². The van der Waals surface area contributed by atoms with E-state index >= 15 is 0 Å². The van der Waals surface area contributed by atoms with E-state index in [4.69, 9.17) is 15.9 Å². The summed E-state index contributed by atoms with van der Waals surface area (Å²) < 4.78 is 5.75. The van der Waals surface area contributed by atoms with E-state index in [2.05, 4.69) is 25.5 Å². The van der Waals surface area contributed by atoms with Gasteiger partial charge in [0.2, 0.25) is 5.88 Å². The van der Waals surface area contributed by atoms with Gasteiger partial charge in [0.25, 0.3) is 5.91 Å². The van der Waals surface area contributed by atoms with Gasteiger partial charge in [0.05, 0.1) is 18.3 Å². The first-order valence-electron chi connectivity index (χ1n) is 9.38. The fourth-order valence-corrected chi connectivity index (χ4v) is 3.63. The molecule has 146 valence electrons. The van der Waals surface area contributed by atoms with Crippen molar-refractivity contribution in [1.29, 1.82) is 5.41 Å². The maximum Gasteiger partial charge on any atom is 0.258 e. The number of nitrogens with two attached hydrogens (primary N) is 1. The molecule has 1 fully saturated rings. The quantitative estimate of drug-likeness (QED) is 0.420. The molecule has 4 rings (SSSR count). The predicted octanol–water partition coefficient (Wildman–Crippen LogP) is 0.780. The summed E-state index contributed by atoms with van der Waals surface area (Å²) in [4.78, 5) is 23.7. The van der Waals surface area contributed by atoms with Crippen molar-refractivity contribution in [2.75, 3.05) is 19.7 Å². The van der Waals surface area contributed by atoms with E-state index in [1.807, 2.05) is 24.3 Å². The molecule has 3 aliphatic rings. The summed E-state index contributed by atoms with van der Waals surface area (Å²) in [5.74, 6) is 0.911. The van der Waals surface area contributed by atoms with Crippen LogP contribution >= 0.6 is 0 Å². The number of hydrogen-bond donors (Lipinski definition) is 4. The molecule has 1 aromatic rings. The van der Waals surface area contributed by atoms with Crippen LogP contribution in [0, 0.1) is 5.41 Å². The molecule has 1 atom stereocenters. The van der Waals surface area contributed by atoms with Gasteiger partial charge in [0.15, 0.2) is 0 Å². The van der Waals surface area contributed by atoms with Crippen molar-refractivity contribution in [3.8, 4) is 5.88 Å². The highest BCUT2D eigenvalue weighted by atomic mass is 16.5. The lowest BCUT2D eigenvalue weighted by Crippen LogP contribution is -2.38. The number of nitrogens with one attached hydrogen (secondary N) is 3. The van der Waals surface area contributed by atoms with Crippen LogP contribution in [0.3, 0.4) is 0 Å². The number of aromatic nitrogens is 1. The van der Waals surface area contributed by atoms with Crippen molar-refractivity contribution in [3.63, 3.8) is 0 Å². The van der Waals surface area contributed by atoms with Gasteiger partial charge in [-0.2, -0.15) is 0 Å². The third kappa shape index (κ3) is 3.55. The maximum absolute atomic E-state index is 12.6. The average molecular weight is 381 g/mol. The van der Waals surface area contributed by atoms with Gasteiger partial charge in [-0.1, -0.05) is 6.07 Å². The van der Waals surface area contributed by atoms with Crippen LogP contribution in [0.5, 0.6) is 5.88 Å². The normalized spacial score (nSPS) is 24.7. The molecule has 28 heavy (non-hydrogen) atoms. The lowest BCUT2D eigenvalue weighted by atomic mass is 10.1. The summed E-state index contributed by atoms with van der Waals surface area (Å²) in [6.07, 6.45) is 6.07. The molecule has 0 radical (unpaired) electrons. The zero-order valence-electron chi connectivity index (χ0n) is 15.4. The first-order chi connectivity index (χ1) is 13.6. The minimum atomic E-state index is -0.431. The molecule has 1 aromatic heterocycles. The Labute approximate surface area is 162 Å². The maximum atomic E-state index is 12.6. The molecule has 5 N–H and O–H groups in total. The Kier molecular flexibility index (Phi) is 4.96. The summed E-state index contributed by atoms with van der Waals surface area (Å²) >= 11 is 0. The molecular formula is C19H23N7O2. The largest absolute Gasteiger partial charge is 0.478 e. The zero-order valence-corrected chi connectivity index (χ0v) is 15.4. The van der Waals surface area contributed by atoms with Crippen molar-refractivity contribution in [2.24, 2.45) is 10.7 Å². The Hall–Kier alpha value is -3.36. The summed E-state index contributed by atoms with van der Waals surface area (Å²) in [6, 6.07) is 5.90. The SMILES string of the molecule is N=C(N)/C1=C2\N=CC=C(N2)N2CCCC2c2cccc(n2)OCCCNC1=O. The number of allylic oxidation sites excluding steroid dienone is 1. The number of rotatable bonds is 1. The highest BCUT2D eigenvalue weighted by molar-refractivity contribution is 6.19. The van der Waals surface area contributed by atoms with Crippen LogP contribution in [0.25, 0.3) is 0 Å². The van der Waals surface area contributed by atoms with Crippen molar-refractivity contribution in [1.82, 2.24) is 20.5 Å². The highest BCUT2D eigenvalue weighted by Gasteiger charge is 2.31. The number of ether oxygens (including phenoxy) is 1. The van der Waals surface area contributed by atoms with Crippen LogP contribution in [0.1, 0.15) is 31.0 Å². The number of fused-ring (bicyclic) bond motifs is 7. The molecule has 9 heteroatoms.